The van der Waals surface area contributed by atoms with Gasteiger partial charge in [-0.1, -0.05) is 5.16 Å². The maximum absolute atomic E-state index is 12.1. The Balaban J connectivity index is 1.59. The molecule has 0 spiro atoms. The lowest BCUT2D eigenvalue weighted by atomic mass is 10.2. The third kappa shape index (κ3) is 2.61. The van der Waals surface area contributed by atoms with Crippen LogP contribution in [0.15, 0.2) is 51.9 Å². The molecule has 0 radical (unpaired) electrons. The largest absolute Gasteiger partial charge is 0.467 e. The number of amides is 1. The predicted octanol–water partition coefficient (Wildman–Crippen LogP) is 2.59. The first-order valence-corrected chi connectivity index (χ1v) is 7.37. The van der Waals surface area contributed by atoms with Crippen molar-refractivity contribution in [2.75, 3.05) is 0 Å². The van der Waals surface area contributed by atoms with Gasteiger partial charge in [-0.3, -0.25) is 9.78 Å². The Bertz CT molecular complexity index is 798. The van der Waals surface area contributed by atoms with Crippen LogP contribution in [0.4, 0.5) is 0 Å². The summed E-state index contributed by atoms with van der Waals surface area (Å²) in [5.41, 5.74) is 0.830. The van der Waals surface area contributed by atoms with Gasteiger partial charge in [0.15, 0.2) is 0 Å². The summed E-state index contributed by atoms with van der Waals surface area (Å²) in [5.74, 6) is 1.75. The van der Waals surface area contributed by atoms with Crippen LogP contribution in [-0.2, 0) is 11.3 Å². The van der Waals surface area contributed by atoms with Crippen LogP contribution < -0.4 is 0 Å². The lowest BCUT2D eigenvalue weighted by Crippen LogP contribution is -2.27. The molecule has 7 heteroatoms. The zero-order valence-electron chi connectivity index (χ0n) is 12.3. The minimum absolute atomic E-state index is 0.0649. The Morgan fingerprint density at radius 2 is 2.13 bits per heavy atom. The first kappa shape index (κ1) is 13.7. The highest BCUT2D eigenvalue weighted by Gasteiger charge is 2.36. The van der Waals surface area contributed by atoms with Crippen molar-refractivity contribution in [3.8, 4) is 11.4 Å². The zero-order chi connectivity index (χ0) is 15.6. The van der Waals surface area contributed by atoms with Crippen molar-refractivity contribution in [3.05, 3.63) is 54.6 Å². The summed E-state index contributed by atoms with van der Waals surface area (Å²) in [5, 5.41) is 4.01. The van der Waals surface area contributed by atoms with E-state index in [4.69, 9.17) is 8.94 Å². The van der Waals surface area contributed by atoms with Crippen LogP contribution in [0.1, 0.15) is 30.5 Å². The number of aromatic nitrogens is 3. The van der Waals surface area contributed by atoms with Gasteiger partial charge in [0, 0.05) is 24.4 Å². The molecule has 0 aromatic carbocycles. The highest BCUT2D eigenvalue weighted by Crippen LogP contribution is 2.34. The quantitative estimate of drug-likeness (QED) is 0.736. The molecule has 1 aliphatic heterocycles. The van der Waals surface area contributed by atoms with Gasteiger partial charge in [-0.05, 0) is 30.7 Å². The van der Waals surface area contributed by atoms with E-state index >= 15 is 0 Å². The fourth-order valence-corrected chi connectivity index (χ4v) is 2.75. The third-order valence-corrected chi connectivity index (χ3v) is 3.90. The van der Waals surface area contributed by atoms with Crippen molar-refractivity contribution in [2.45, 2.75) is 25.4 Å². The molecule has 1 saturated heterocycles. The monoisotopic (exact) mass is 310 g/mol. The number of likely N-dealkylation sites (tertiary alicyclic amines) is 1. The number of hydrogen-bond donors (Lipinski definition) is 0. The van der Waals surface area contributed by atoms with Crippen molar-refractivity contribution in [1.29, 1.82) is 0 Å². The summed E-state index contributed by atoms with van der Waals surface area (Å²) in [7, 11) is 0. The van der Waals surface area contributed by atoms with E-state index in [0.29, 0.717) is 31.1 Å². The van der Waals surface area contributed by atoms with Gasteiger partial charge in [-0.15, -0.1) is 0 Å². The SMILES string of the molecule is O=C1CC[C@@H](c2nc(-c3ccncc3)no2)N1Cc1ccco1. The first-order chi connectivity index (χ1) is 11.3. The molecule has 3 aromatic rings. The summed E-state index contributed by atoms with van der Waals surface area (Å²) < 4.78 is 10.7. The van der Waals surface area contributed by atoms with Crippen LogP contribution in [0.2, 0.25) is 0 Å². The number of rotatable bonds is 4. The Hall–Kier alpha value is -2.96. The molecular weight excluding hydrogens is 296 g/mol. The summed E-state index contributed by atoms with van der Waals surface area (Å²) in [6.07, 6.45) is 6.08. The van der Waals surface area contributed by atoms with Gasteiger partial charge in [0.05, 0.1) is 12.8 Å². The second-order valence-electron chi connectivity index (χ2n) is 5.35. The van der Waals surface area contributed by atoms with E-state index in [1.54, 1.807) is 29.6 Å². The van der Waals surface area contributed by atoms with E-state index in [2.05, 4.69) is 15.1 Å². The van der Waals surface area contributed by atoms with E-state index in [9.17, 15) is 4.79 Å². The standard InChI is InChI=1S/C16H14N4O3/c21-14-4-3-13(20(14)10-12-2-1-9-22-12)16-18-15(19-23-16)11-5-7-17-8-6-11/h1-2,5-9,13H,3-4,10H2/t13-/m0/s1. The smallest absolute Gasteiger partial charge is 0.249 e. The summed E-state index contributed by atoms with van der Waals surface area (Å²) >= 11 is 0. The topological polar surface area (TPSA) is 85.3 Å². The Labute approximate surface area is 131 Å². The van der Waals surface area contributed by atoms with Gasteiger partial charge in [0.25, 0.3) is 0 Å². The van der Waals surface area contributed by atoms with Gasteiger partial charge in [0.1, 0.15) is 11.8 Å². The van der Waals surface area contributed by atoms with Crippen LogP contribution >= 0.6 is 0 Å². The molecule has 116 valence electrons. The van der Waals surface area contributed by atoms with E-state index in [-0.39, 0.29) is 11.9 Å². The maximum atomic E-state index is 12.1. The van der Waals surface area contributed by atoms with Crippen LogP contribution in [-0.4, -0.2) is 25.9 Å². The predicted molar refractivity (Wildman–Crippen MR) is 78.8 cm³/mol. The molecule has 1 amide bonds. The minimum Gasteiger partial charge on any atom is -0.467 e. The highest BCUT2D eigenvalue weighted by molar-refractivity contribution is 5.78. The van der Waals surface area contributed by atoms with Crippen LogP contribution in [0, 0.1) is 0 Å². The normalized spacial score (nSPS) is 17.8. The second kappa shape index (κ2) is 5.68. The second-order valence-corrected chi connectivity index (χ2v) is 5.35. The fraction of sp³-hybridized carbons (Fsp3) is 0.250. The number of carbonyl (C=O) groups is 1. The van der Waals surface area contributed by atoms with Gasteiger partial charge in [-0.25, -0.2) is 0 Å². The maximum Gasteiger partial charge on any atom is 0.249 e. The molecule has 4 heterocycles. The van der Waals surface area contributed by atoms with E-state index < -0.39 is 0 Å². The number of nitrogens with zero attached hydrogens (tertiary/aromatic N) is 4. The molecule has 7 nitrogen and oxygen atoms in total. The average molecular weight is 310 g/mol. The molecule has 0 aliphatic carbocycles. The third-order valence-electron chi connectivity index (χ3n) is 3.90. The van der Waals surface area contributed by atoms with Gasteiger partial charge < -0.3 is 13.8 Å². The van der Waals surface area contributed by atoms with Crippen molar-refractivity contribution < 1.29 is 13.7 Å². The molecule has 1 fully saturated rings. The molecule has 0 N–H and O–H groups in total. The van der Waals surface area contributed by atoms with Crippen molar-refractivity contribution >= 4 is 5.91 Å². The molecular formula is C16H14N4O3. The summed E-state index contributed by atoms with van der Waals surface area (Å²) in [6, 6.07) is 7.07. The Morgan fingerprint density at radius 1 is 1.26 bits per heavy atom. The molecule has 0 bridgehead atoms. The van der Waals surface area contributed by atoms with Gasteiger partial charge >= 0.3 is 0 Å². The Kier molecular flexibility index (Phi) is 3.38. The molecule has 3 aromatic heterocycles. The van der Waals surface area contributed by atoms with E-state index in [1.807, 2.05) is 18.2 Å². The fourth-order valence-electron chi connectivity index (χ4n) is 2.75. The summed E-state index contributed by atoms with van der Waals surface area (Å²) in [4.78, 5) is 22.3. The van der Waals surface area contributed by atoms with E-state index in [0.717, 1.165) is 11.3 Å². The lowest BCUT2D eigenvalue weighted by Gasteiger charge is -2.20. The highest BCUT2D eigenvalue weighted by atomic mass is 16.5. The molecule has 1 aliphatic rings. The van der Waals surface area contributed by atoms with Gasteiger partial charge in [0.2, 0.25) is 17.6 Å². The number of furan rings is 1. The van der Waals surface area contributed by atoms with Crippen molar-refractivity contribution in [2.24, 2.45) is 0 Å². The van der Waals surface area contributed by atoms with E-state index in [1.165, 1.54) is 0 Å². The number of carbonyl (C=O) groups excluding carboxylic acids is 1. The summed E-state index contributed by atoms with van der Waals surface area (Å²) in [6.45, 7) is 0.406. The minimum atomic E-state index is -0.212. The van der Waals surface area contributed by atoms with Crippen LogP contribution in [0.3, 0.4) is 0 Å². The number of hydrogen-bond acceptors (Lipinski definition) is 6. The molecule has 0 unspecified atom stereocenters. The zero-order valence-corrected chi connectivity index (χ0v) is 12.3. The molecule has 1 atom stereocenters. The molecule has 4 rings (SSSR count). The molecule has 0 saturated carbocycles. The lowest BCUT2D eigenvalue weighted by molar-refractivity contribution is -0.130. The average Bonchev–Trinajstić information content (AvgIpc) is 3.31. The van der Waals surface area contributed by atoms with Crippen LogP contribution in [0.25, 0.3) is 11.4 Å². The first-order valence-electron chi connectivity index (χ1n) is 7.37. The van der Waals surface area contributed by atoms with Crippen molar-refractivity contribution in [1.82, 2.24) is 20.0 Å². The van der Waals surface area contributed by atoms with Gasteiger partial charge in [-0.2, -0.15) is 4.98 Å². The molecule has 23 heavy (non-hydrogen) atoms. The van der Waals surface area contributed by atoms with Crippen LogP contribution in [0.5, 0.6) is 0 Å². The number of pyridine rings is 1. The Morgan fingerprint density at radius 3 is 2.91 bits per heavy atom. The van der Waals surface area contributed by atoms with Crippen molar-refractivity contribution in [3.63, 3.8) is 0 Å².